The van der Waals surface area contributed by atoms with Crippen LogP contribution < -0.4 is 0 Å². The third-order valence-corrected chi connectivity index (χ3v) is 6.06. The summed E-state index contributed by atoms with van der Waals surface area (Å²) in [4.78, 5) is 24.7. The van der Waals surface area contributed by atoms with Crippen LogP contribution in [-0.2, 0) is 14.3 Å². The Labute approximate surface area is 108 Å². The first-order valence-electron chi connectivity index (χ1n) is 6.78. The third-order valence-electron chi connectivity index (χ3n) is 6.06. The second-order valence-corrected chi connectivity index (χ2v) is 6.30. The van der Waals surface area contributed by atoms with Gasteiger partial charge in [0.25, 0.3) is 0 Å². The van der Waals surface area contributed by atoms with E-state index in [1.54, 1.807) is 0 Å². The van der Waals surface area contributed by atoms with Crippen LogP contribution in [-0.4, -0.2) is 18.9 Å². The van der Waals surface area contributed by atoms with Gasteiger partial charge >= 0.3 is 5.97 Å². The highest BCUT2D eigenvalue weighted by Crippen LogP contribution is 2.71. The van der Waals surface area contributed by atoms with Crippen molar-refractivity contribution in [2.24, 2.45) is 28.6 Å². The van der Waals surface area contributed by atoms with Crippen LogP contribution in [0.15, 0.2) is 12.2 Å². The minimum atomic E-state index is -0.553. The number of Topliss-reactive ketones (excluding diaryl/α,β-unsaturated/α-hetero) is 1. The molecule has 3 heteroatoms. The summed E-state index contributed by atoms with van der Waals surface area (Å²) < 4.78 is 4.85. The standard InChI is InChI=1S/C15H20O3/c1-9-11(13(17)18-3)12(16)14(2)8-6-10-5-4-7-15(9,10)14/h4-5,9-11H,6-8H2,1-3H3/t9-,10+,11?,14-,15-/m0/s1. The molecule has 0 aromatic carbocycles. The number of methoxy groups -OCH3 is 1. The minimum Gasteiger partial charge on any atom is -0.468 e. The molecule has 0 amide bonds. The van der Waals surface area contributed by atoms with Crippen molar-refractivity contribution < 1.29 is 14.3 Å². The van der Waals surface area contributed by atoms with Gasteiger partial charge in [-0.15, -0.1) is 0 Å². The fourth-order valence-corrected chi connectivity index (χ4v) is 5.10. The van der Waals surface area contributed by atoms with Crippen LogP contribution >= 0.6 is 0 Å². The Bertz CT molecular complexity index is 453. The van der Waals surface area contributed by atoms with Gasteiger partial charge in [0, 0.05) is 5.41 Å². The Morgan fingerprint density at radius 1 is 1.50 bits per heavy atom. The largest absolute Gasteiger partial charge is 0.468 e. The van der Waals surface area contributed by atoms with Crippen molar-refractivity contribution in [3.8, 4) is 0 Å². The molecule has 3 rings (SSSR count). The zero-order valence-electron chi connectivity index (χ0n) is 11.2. The van der Waals surface area contributed by atoms with Gasteiger partial charge in [-0.1, -0.05) is 26.0 Å². The van der Waals surface area contributed by atoms with E-state index in [2.05, 4.69) is 26.0 Å². The van der Waals surface area contributed by atoms with E-state index in [4.69, 9.17) is 4.74 Å². The smallest absolute Gasteiger partial charge is 0.316 e. The maximum absolute atomic E-state index is 12.7. The van der Waals surface area contributed by atoms with E-state index in [1.165, 1.54) is 7.11 Å². The molecule has 0 bridgehead atoms. The number of carbonyl (C=O) groups excluding carboxylic acids is 2. The molecule has 0 aromatic heterocycles. The molecule has 0 aromatic rings. The van der Waals surface area contributed by atoms with Gasteiger partial charge in [-0.05, 0) is 36.5 Å². The van der Waals surface area contributed by atoms with Crippen molar-refractivity contribution in [3.63, 3.8) is 0 Å². The SMILES string of the molecule is COC(=O)C1C(=O)[C@]2(C)CC[C@H]3C=CC[C@]32[C@H]1C. The monoisotopic (exact) mass is 248 g/mol. The van der Waals surface area contributed by atoms with Gasteiger partial charge < -0.3 is 4.74 Å². The summed E-state index contributed by atoms with van der Waals surface area (Å²) in [6.07, 6.45) is 7.39. The molecule has 0 radical (unpaired) electrons. The molecule has 18 heavy (non-hydrogen) atoms. The summed E-state index contributed by atoms with van der Waals surface area (Å²) in [5, 5.41) is 0. The van der Waals surface area contributed by atoms with Gasteiger partial charge in [0.15, 0.2) is 5.78 Å². The lowest BCUT2D eigenvalue weighted by Gasteiger charge is -2.40. The quantitative estimate of drug-likeness (QED) is 0.406. The highest BCUT2D eigenvalue weighted by Gasteiger charge is 2.72. The van der Waals surface area contributed by atoms with Gasteiger partial charge in [0.1, 0.15) is 5.92 Å². The lowest BCUT2D eigenvalue weighted by Crippen LogP contribution is -2.38. The van der Waals surface area contributed by atoms with E-state index < -0.39 is 5.92 Å². The maximum Gasteiger partial charge on any atom is 0.316 e. The Balaban J connectivity index is 2.10. The Kier molecular flexibility index (Phi) is 2.30. The first kappa shape index (κ1) is 11.9. The van der Waals surface area contributed by atoms with Crippen LogP contribution in [0, 0.1) is 28.6 Å². The molecule has 0 saturated heterocycles. The fraction of sp³-hybridized carbons (Fsp3) is 0.733. The lowest BCUT2D eigenvalue weighted by atomic mass is 9.62. The number of ketones is 1. The second kappa shape index (κ2) is 3.46. The predicted octanol–water partition coefficient (Wildman–Crippen LogP) is 2.36. The number of hydrogen-bond acceptors (Lipinski definition) is 3. The molecule has 0 heterocycles. The summed E-state index contributed by atoms with van der Waals surface area (Å²) in [6.45, 7) is 4.14. The van der Waals surface area contributed by atoms with Crippen LogP contribution in [0.5, 0.6) is 0 Å². The third kappa shape index (κ3) is 1.03. The van der Waals surface area contributed by atoms with E-state index in [1.807, 2.05) is 0 Å². The van der Waals surface area contributed by atoms with Crippen molar-refractivity contribution in [3.05, 3.63) is 12.2 Å². The van der Waals surface area contributed by atoms with Crippen LogP contribution in [0.1, 0.15) is 33.1 Å². The van der Waals surface area contributed by atoms with E-state index in [0.717, 1.165) is 19.3 Å². The molecular formula is C15H20O3. The zero-order chi connectivity index (χ0) is 13.1. The summed E-state index contributed by atoms with van der Waals surface area (Å²) >= 11 is 0. The van der Waals surface area contributed by atoms with Crippen molar-refractivity contribution >= 4 is 11.8 Å². The van der Waals surface area contributed by atoms with Gasteiger partial charge in [0.05, 0.1) is 7.11 Å². The minimum absolute atomic E-state index is 0.0249. The Morgan fingerprint density at radius 3 is 2.89 bits per heavy atom. The van der Waals surface area contributed by atoms with Gasteiger partial charge in [-0.2, -0.15) is 0 Å². The van der Waals surface area contributed by atoms with Crippen molar-refractivity contribution in [1.29, 1.82) is 0 Å². The number of esters is 1. The maximum atomic E-state index is 12.7. The van der Waals surface area contributed by atoms with Gasteiger partial charge in [-0.3, -0.25) is 9.59 Å². The van der Waals surface area contributed by atoms with Crippen LogP contribution in [0.2, 0.25) is 0 Å². The second-order valence-electron chi connectivity index (χ2n) is 6.30. The average Bonchev–Trinajstić information content (AvgIpc) is 2.93. The predicted molar refractivity (Wildman–Crippen MR) is 66.7 cm³/mol. The van der Waals surface area contributed by atoms with E-state index in [0.29, 0.717) is 5.92 Å². The number of hydrogen-bond donors (Lipinski definition) is 0. The first-order chi connectivity index (χ1) is 8.49. The first-order valence-corrected chi connectivity index (χ1v) is 6.78. The molecule has 3 nitrogen and oxygen atoms in total. The molecule has 1 spiro atoms. The fourth-order valence-electron chi connectivity index (χ4n) is 5.10. The van der Waals surface area contributed by atoms with E-state index in [-0.39, 0.29) is 28.5 Å². The molecule has 0 N–H and O–H groups in total. The van der Waals surface area contributed by atoms with E-state index >= 15 is 0 Å². The summed E-state index contributed by atoms with van der Waals surface area (Å²) in [6, 6.07) is 0. The molecule has 98 valence electrons. The summed E-state index contributed by atoms with van der Waals surface area (Å²) in [5.41, 5.74) is -0.359. The summed E-state index contributed by atoms with van der Waals surface area (Å²) in [7, 11) is 1.38. The average molecular weight is 248 g/mol. The topological polar surface area (TPSA) is 43.4 Å². The number of carbonyl (C=O) groups is 2. The normalized spacial score (nSPS) is 49.3. The Hall–Kier alpha value is -1.12. The van der Waals surface area contributed by atoms with Gasteiger partial charge in [0.2, 0.25) is 0 Å². The zero-order valence-corrected chi connectivity index (χ0v) is 11.2. The van der Waals surface area contributed by atoms with Crippen molar-refractivity contribution in [2.75, 3.05) is 7.11 Å². The number of rotatable bonds is 1. The number of allylic oxidation sites excluding steroid dienone is 2. The molecule has 2 fully saturated rings. The molecule has 3 aliphatic rings. The molecular weight excluding hydrogens is 228 g/mol. The van der Waals surface area contributed by atoms with Crippen molar-refractivity contribution in [2.45, 2.75) is 33.1 Å². The molecule has 3 aliphatic carbocycles. The van der Waals surface area contributed by atoms with Crippen LogP contribution in [0.25, 0.3) is 0 Å². The van der Waals surface area contributed by atoms with Crippen LogP contribution in [0.3, 0.4) is 0 Å². The number of ether oxygens (including phenoxy) is 1. The molecule has 1 unspecified atom stereocenters. The Morgan fingerprint density at radius 2 is 2.22 bits per heavy atom. The molecule has 5 atom stereocenters. The van der Waals surface area contributed by atoms with E-state index in [9.17, 15) is 9.59 Å². The van der Waals surface area contributed by atoms with Crippen molar-refractivity contribution in [1.82, 2.24) is 0 Å². The highest BCUT2D eigenvalue weighted by molar-refractivity contribution is 6.05. The van der Waals surface area contributed by atoms with Gasteiger partial charge in [-0.25, -0.2) is 0 Å². The molecule has 2 saturated carbocycles. The lowest BCUT2D eigenvalue weighted by molar-refractivity contribution is -0.150. The molecule has 0 aliphatic heterocycles. The van der Waals surface area contributed by atoms with Crippen LogP contribution in [0.4, 0.5) is 0 Å². The highest BCUT2D eigenvalue weighted by atomic mass is 16.5. The summed E-state index contributed by atoms with van der Waals surface area (Å²) in [5.74, 6) is -0.222.